The van der Waals surface area contributed by atoms with Gasteiger partial charge in [-0.2, -0.15) is 9.61 Å². The minimum absolute atomic E-state index is 0.120. The lowest BCUT2D eigenvalue weighted by Gasteiger charge is -2.25. The number of halogens is 1. The van der Waals surface area contributed by atoms with Crippen molar-refractivity contribution in [3.63, 3.8) is 0 Å². The van der Waals surface area contributed by atoms with Crippen molar-refractivity contribution in [2.45, 2.75) is 51.5 Å². The molecule has 0 spiro atoms. The van der Waals surface area contributed by atoms with Crippen molar-refractivity contribution in [1.82, 2.24) is 24.6 Å². The molecular weight excluding hydrogens is 431 g/mol. The number of ketones is 1. The summed E-state index contributed by atoms with van der Waals surface area (Å²) in [7, 11) is 0. The smallest absolute Gasteiger partial charge is 0.168 e. The second kappa shape index (κ2) is 7.90. The van der Waals surface area contributed by atoms with Crippen LogP contribution in [-0.4, -0.2) is 36.4 Å². The number of fused-ring (bicyclic) bond motifs is 4. The highest BCUT2D eigenvalue weighted by Gasteiger charge is 2.28. The van der Waals surface area contributed by atoms with Gasteiger partial charge >= 0.3 is 0 Å². The molecule has 34 heavy (non-hydrogen) atoms. The van der Waals surface area contributed by atoms with Crippen LogP contribution in [0.15, 0.2) is 36.8 Å². The van der Waals surface area contributed by atoms with E-state index in [2.05, 4.69) is 44.4 Å². The Morgan fingerprint density at radius 3 is 2.97 bits per heavy atom. The standard InChI is InChI=1S/C26H25FN6O/c1-14-4-3-5-19-20-9-18(6-7-22(20)31-25(14)19)30-24-10-23(16-8-17(27)12-28-11-16)32-26-21(15(2)34)13-29-33(24)26/h3,5,8,10-14,18,30-31H,4,6-7,9H2,1-2H3/t14?,18-/m1/s1. The zero-order valence-electron chi connectivity index (χ0n) is 19.1. The van der Waals surface area contributed by atoms with E-state index in [0.29, 0.717) is 28.4 Å². The number of rotatable bonds is 4. The first-order chi connectivity index (χ1) is 16.5. The first-order valence-corrected chi connectivity index (χ1v) is 11.6. The number of hydrogen-bond donors (Lipinski definition) is 2. The molecule has 0 aromatic carbocycles. The molecule has 2 N–H and O–H groups in total. The predicted octanol–water partition coefficient (Wildman–Crippen LogP) is 4.95. The molecule has 4 heterocycles. The molecule has 2 atom stereocenters. The van der Waals surface area contributed by atoms with Gasteiger partial charge in [-0.1, -0.05) is 19.1 Å². The number of allylic oxidation sites excluding steroid dienone is 1. The van der Waals surface area contributed by atoms with Crippen LogP contribution < -0.4 is 5.32 Å². The normalized spacial score (nSPS) is 19.1. The number of aryl methyl sites for hydroxylation is 1. The third kappa shape index (κ3) is 3.41. The fourth-order valence-electron chi connectivity index (χ4n) is 5.18. The third-order valence-corrected chi connectivity index (χ3v) is 6.93. The number of aromatic nitrogens is 5. The number of nitrogens with one attached hydrogen (secondary N) is 2. The summed E-state index contributed by atoms with van der Waals surface area (Å²) >= 11 is 0. The van der Waals surface area contributed by atoms with Crippen LogP contribution in [0.5, 0.6) is 0 Å². The van der Waals surface area contributed by atoms with E-state index in [-0.39, 0.29) is 11.8 Å². The van der Waals surface area contributed by atoms with Crippen molar-refractivity contribution in [3.8, 4) is 11.3 Å². The number of aromatic amines is 1. The first-order valence-electron chi connectivity index (χ1n) is 11.6. The zero-order chi connectivity index (χ0) is 23.4. The average Bonchev–Trinajstić information content (AvgIpc) is 3.42. The Morgan fingerprint density at radius 1 is 1.26 bits per heavy atom. The van der Waals surface area contributed by atoms with Gasteiger partial charge in [-0.3, -0.25) is 9.78 Å². The van der Waals surface area contributed by atoms with E-state index < -0.39 is 5.82 Å². The quantitative estimate of drug-likeness (QED) is 0.424. The Kier molecular flexibility index (Phi) is 4.83. The van der Waals surface area contributed by atoms with Gasteiger partial charge in [-0.15, -0.1) is 0 Å². The van der Waals surface area contributed by atoms with E-state index in [0.717, 1.165) is 37.7 Å². The maximum Gasteiger partial charge on any atom is 0.168 e. The van der Waals surface area contributed by atoms with Crippen LogP contribution in [0.2, 0.25) is 0 Å². The monoisotopic (exact) mass is 456 g/mol. The van der Waals surface area contributed by atoms with Gasteiger partial charge in [0, 0.05) is 41.2 Å². The summed E-state index contributed by atoms with van der Waals surface area (Å²) in [5.74, 6) is 0.672. The second-order valence-electron chi connectivity index (χ2n) is 9.30. The van der Waals surface area contributed by atoms with E-state index in [1.807, 2.05) is 6.07 Å². The maximum atomic E-state index is 13.9. The van der Waals surface area contributed by atoms with Crippen LogP contribution in [0.1, 0.15) is 65.5 Å². The van der Waals surface area contributed by atoms with Gasteiger partial charge in [0.15, 0.2) is 11.4 Å². The fraction of sp³-hybridized carbons (Fsp3) is 0.308. The summed E-state index contributed by atoms with van der Waals surface area (Å²) in [6, 6.07) is 3.43. The van der Waals surface area contributed by atoms with E-state index >= 15 is 0 Å². The molecule has 0 radical (unpaired) electrons. The Bertz CT molecular complexity index is 1470. The molecule has 2 aliphatic carbocycles. The summed E-state index contributed by atoms with van der Waals surface area (Å²) in [4.78, 5) is 24.5. The first kappa shape index (κ1) is 20.8. The molecule has 0 fully saturated rings. The molecule has 0 bridgehead atoms. The van der Waals surface area contributed by atoms with Crippen molar-refractivity contribution in [2.75, 3.05) is 5.32 Å². The minimum atomic E-state index is -0.437. The Balaban J connectivity index is 1.39. The molecule has 8 heteroatoms. The van der Waals surface area contributed by atoms with Gasteiger partial charge < -0.3 is 10.3 Å². The molecule has 7 nitrogen and oxygen atoms in total. The van der Waals surface area contributed by atoms with E-state index in [1.165, 1.54) is 41.7 Å². The van der Waals surface area contributed by atoms with E-state index in [9.17, 15) is 9.18 Å². The van der Waals surface area contributed by atoms with Gasteiger partial charge in [0.25, 0.3) is 0 Å². The van der Waals surface area contributed by atoms with Crippen molar-refractivity contribution in [3.05, 3.63) is 70.7 Å². The highest BCUT2D eigenvalue weighted by atomic mass is 19.1. The molecule has 1 unspecified atom stereocenters. The molecule has 0 aliphatic heterocycles. The van der Waals surface area contributed by atoms with Gasteiger partial charge in [0.2, 0.25) is 0 Å². The summed E-state index contributed by atoms with van der Waals surface area (Å²) in [5.41, 5.74) is 7.37. The maximum absolute atomic E-state index is 13.9. The topological polar surface area (TPSA) is 88.0 Å². The number of H-pyrrole nitrogens is 1. The number of Topliss-reactive ketones (excluding diaryl/α,β-unsaturated/α-hetero) is 1. The number of anilines is 1. The summed E-state index contributed by atoms with van der Waals surface area (Å²) in [5, 5.41) is 8.08. The van der Waals surface area contributed by atoms with Gasteiger partial charge in [0.05, 0.1) is 23.7 Å². The largest absolute Gasteiger partial charge is 0.367 e. The van der Waals surface area contributed by atoms with Crippen molar-refractivity contribution < 1.29 is 9.18 Å². The van der Waals surface area contributed by atoms with Gasteiger partial charge in [-0.05, 0) is 49.8 Å². The van der Waals surface area contributed by atoms with Crippen LogP contribution in [0.25, 0.3) is 23.0 Å². The molecule has 4 aromatic rings. The lowest BCUT2D eigenvalue weighted by Crippen LogP contribution is -2.28. The summed E-state index contributed by atoms with van der Waals surface area (Å²) < 4.78 is 15.5. The SMILES string of the molecule is CC(=O)c1cnn2c(N[C@@H]3CCc4[nH]c5c(c4C3)C=CCC5C)cc(-c3cncc(F)c3)nc12. The zero-order valence-corrected chi connectivity index (χ0v) is 19.1. The van der Waals surface area contributed by atoms with Gasteiger partial charge in [-0.25, -0.2) is 9.37 Å². The average molecular weight is 457 g/mol. The number of nitrogens with zero attached hydrogens (tertiary/aromatic N) is 4. The van der Waals surface area contributed by atoms with Crippen LogP contribution in [0.4, 0.5) is 10.2 Å². The molecule has 172 valence electrons. The third-order valence-electron chi connectivity index (χ3n) is 6.93. The highest BCUT2D eigenvalue weighted by Crippen LogP contribution is 2.37. The van der Waals surface area contributed by atoms with E-state index in [4.69, 9.17) is 0 Å². The highest BCUT2D eigenvalue weighted by molar-refractivity contribution is 6.00. The second-order valence-corrected chi connectivity index (χ2v) is 9.30. The molecule has 4 aromatic heterocycles. The van der Waals surface area contributed by atoms with Gasteiger partial charge in [0.1, 0.15) is 11.6 Å². The molecule has 0 saturated carbocycles. The number of hydrogen-bond acceptors (Lipinski definition) is 5. The van der Waals surface area contributed by atoms with Crippen LogP contribution in [0, 0.1) is 5.82 Å². The lowest BCUT2D eigenvalue weighted by molar-refractivity contribution is 0.101. The van der Waals surface area contributed by atoms with Crippen LogP contribution in [0.3, 0.4) is 0 Å². The molecule has 0 amide bonds. The fourth-order valence-corrected chi connectivity index (χ4v) is 5.18. The molecule has 0 saturated heterocycles. The minimum Gasteiger partial charge on any atom is -0.367 e. The number of carbonyl (C=O) groups excluding carboxylic acids is 1. The van der Waals surface area contributed by atoms with Crippen LogP contribution >= 0.6 is 0 Å². The van der Waals surface area contributed by atoms with Crippen molar-refractivity contribution >= 4 is 23.3 Å². The molecule has 6 rings (SSSR count). The summed E-state index contributed by atoms with van der Waals surface area (Å²) in [6.45, 7) is 3.76. The predicted molar refractivity (Wildman–Crippen MR) is 128 cm³/mol. The Labute approximate surface area is 196 Å². The number of carbonyl (C=O) groups is 1. The summed E-state index contributed by atoms with van der Waals surface area (Å²) in [6.07, 6.45) is 12.7. The van der Waals surface area contributed by atoms with Crippen molar-refractivity contribution in [2.24, 2.45) is 0 Å². The molecule has 2 aliphatic rings. The lowest BCUT2D eigenvalue weighted by atomic mass is 9.87. The number of pyridine rings is 1. The Hall–Kier alpha value is -3.81. The molecular formula is C26H25FN6O. The van der Waals surface area contributed by atoms with E-state index in [1.54, 1.807) is 10.7 Å². The van der Waals surface area contributed by atoms with Crippen LogP contribution in [-0.2, 0) is 12.8 Å². The van der Waals surface area contributed by atoms with Crippen molar-refractivity contribution in [1.29, 1.82) is 0 Å². The Morgan fingerprint density at radius 2 is 2.15 bits per heavy atom.